The molecule has 3 rings (SSSR count). The average Bonchev–Trinajstić information content (AvgIpc) is 2.90. The first-order valence-electron chi connectivity index (χ1n) is 8.42. The monoisotopic (exact) mass is 305 g/mol. The third kappa shape index (κ3) is 3.20. The maximum Gasteiger partial charge on any atom is 0.315 e. The van der Waals surface area contributed by atoms with Crippen LogP contribution in [0.1, 0.15) is 45.4 Å². The van der Waals surface area contributed by atoms with Crippen LogP contribution in [0.2, 0.25) is 0 Å². The van der Waals surface area contributed by atoms with Crippen LogP contribution in [0.15, 0.2) is 12.4 Å². The molecule has 6 heteroatoms. The van der Waals surface area contributed by atoms with Gasteiger partial charge in [-0.15, -0.1) is 0 Å². The third-order valence-electron chi connectivity index (χ3n) is 5.18. The molecule has 1 aromatic rings. The van der Waals surface area contributed by atoms with Crippen molar-refractivity contribution in [2.24, 2.45) is 7.05 Å². The summed E-state index contributed by atoms with van der Waals surface area (Å²) in [5, 5.41) is 10.6. The molecule has 122 valence electrons. The molecule has 1 saturated carbocycles. The fraction of sp³-hybridized carbons (Fsp3) is 0.750. The smallest absolute Gasteiger partial charge is 0.315 e. The lowest BCUT2D eigenvalue weighted by Crippen LogP contribution is -2.59. The van der Waals surface area contributed by atoms with E-state index in [2.05, 4.69) is 27.6 Å². The second-order valence-electron chi connectivity index (χ2n) is 6.74. The number of rotatable bonds is 4. The molecule has 1 aliphatic heterocycles. The molecular formula is C16H27N5O. The van der Waals surface area contributed by atoms with Gasteiger partial charge in [0, 0.05) is 37.9 Å². The van der Waals surface area contributed by atoms with Gasteiger partial charge in [0.15, 0.2) is 0 Å². The van der Waals surface area contributed by atoms with Crippen LogP contribution < -0.4 is 15.5 Å². The van der Waals surface area contributed by atoms with Gasteiger partial charge in [0.25, 0.3) is 0 Å². The fourth-order valence-electron chi connectivity index (χ4n) is 3.53. The molecule has 2 heterocycles. The summed E-state index contributed by atoms with van der Waals surface area (Å²) in [6.07, 6.45) is 10.5. The first-order chi connectivity index (χ1) is 10.6. The summed E-state index contributed by atoms with van der Waals surface area (Å²) in [6, 6.07) is 0.211. The van der Waals surface area contributed by atoms with Crippen LogP contribution in [-0.2, 0) is 7.05 Å². The van der Waals surface area contributed by atoms with E-state index in [9.17, 15) is 4.79 Å². The second-order valence-corrected chi connectivity index (χ2v) is 6.74. The average molecular weight is 305 g/mol. The van der Waals surface area contributed by atoms with Crippen molar-refractivity contribution in [2.45, 2.75) is 57.0 Å². The van der Waals surface area contributed by atoms with Crippen LogP contribution >= 0.6 is 0 Å². The summed E-state index contributed by atoms with van der Waals surface area (Å²) < 4.78 is 1.82. The van der Waals surface area contributed by atoms with Crippen molar-refractivity contribution in [1.29, 1.82) is 0 Å². The number of hydrogen-bond donors (Lipinski definition) is 2. The fourth-order valence-corrected chi connectivity index (χ4v) is 3.53. The van der Waals surface area contributed by atoms with Crippen LogP contribution in [0.5, 0.6) is 0 Å². The van der Waals surface area contributed by atoms with E-state index in [1.807, 2.05) is 24.1 Å². The summed E-state index contributed by atoms with van der Waals surface area (Å²) in [6.45, 7) is 4.05. The number of carbonyl (C=O) groups excluding carboxylic acids is 1. The van der Waals surface area contributed by atoms with E-state index < -0.39 is 0 Å². The maximum atomic E-state index is 12.3. The van der Waals surface area contributed by atoms with E-state index in [0.29, 0.717) is 0 Å². The van der Waals surface area contributed by atoms with E-state index in [-0.39, 0.29) is 17.6 Å². The summed E-state index contributed by atoms with van der Waals surface area (Å²) >= 11 is 0. The molecule has 0 aromatic carbocycles. The SMILES string of the molecule is CCC1(NC(=O)N[C@@H]2CCCN(c3cnn(C)c3)C2)CCC1. The molecule has 6 nitrogen and oxygen atoms in total. The molecule has 2 aliphatic rings. The minimum atomic E-state index is -0.000383. The third-order valence-corrected chi connectivity index (χ3v) is 5.18. The van der Waals surface area contributed by atoms with Crippen molar-refractivity contribution < 1.29 is 4.79 Å². The standard InChI is InChI=1S/C16H27N5O/c1-3-16(7-5-8-16)19-15(22)18-13-6-4-9-21(11-13)14-10-17-20(2)12-14/h10,12-13H,3-9,11H2,1-2H3,(H2,18,19,22)/t13-/m1/s1. The lowest BCUT2D eigenvalue weighted by atomic mass is 9.75. The van der Waals surface area contributed by atoms with Crippen molar-refractivity contribution >= 4 is 11.7 Å². The predicted octanol–water partition coefficient (Wildman–Crippen LogP) is 2.02. The van der Waals surface area contributed by atoms with Gasteiger partial charge < -0.3 is 15.5 Å². The Hall–Kier alpha value is -1.72. The molecule has 2 amide bonds. The number of nitrogens with one attached hydrogen (secondary N) is 2. The van der Waals surface area contributed by atoms with Crippen LogP contribution in [0.4, 0.5) is 10.5 Å². The molecule has 0 radical (unpaired) electrons. The number of piperidine rings is 1. The summed E-state index contributed by atoms with van der Waals surface area (Å²) in [4.78, 5) is 14.6. The molecule has 22 heavy (non-hydrogen) atoms. The van der Waals surface area contributed by atoms with E-state index in [1.165, 1.54) is 6.42 Å². The Morgan fingerprint density at radius 3 is 2.86 bits per heavy atom. The van der Waals surface area contributed by atoms with Gasteiger partial charge >= 0.3 is 6.03 Å². The van der Waals surface area contributed by atoms with Crippen molar-refractivity contribution in [3.8, 4) is 0 Å². The number of carbonyl (C=O) groups is 1. The topological polar surface area (TPSA) is 62.2 Å². The summed E-state index contributed by atoms with van der Waals surface area (Å²) in [5.41, 5.74) is 1.19. The molecule has 1 aliphatic carbocycles. The van der Waals surface area contributed by atoms with E-state index in [0.717, 1.165) is 50.9 Å². The molecular weight excluding hydrogens is 278 g/mol. The van der Waals surface area contributed by atoms with Gasteiger partial charge in [-0.2, -0.15) is 5.10 Å². The maximum absolute atomic E-state index is 12.3. The summed E-state index contributed by atoms with van der Waals surface area (Å²) in [7, 11) is 1.93. The predicted molar refractivity (Wildman–Crippen MR) is 87.0 cm³/mol. The first-order valence-corrected chi connectivity index (χ1v) is 8.42. The minimum Gasteiger partial charge on any atom is -0.367 e. The van der Waals surface area contributed by atoms with Crippen LogP contribution in [0, 0.1) is 0 Å². The highest BCUT2D eigenvalue weighted by atomic mass is 16.2. The highest BCUT2D eigenvalue weighted by Gasteiger charge is 2.36. The van der Waals surface area contributed by atoms with E-state index >= 15 is 0 Å². The number of amides is 2. The van der Waals surface area contributed by atoms with Gasteiger partial charge in [-0.05, 0) is 38.5 Å². The highest BCUT2D eigenvalue weighted by Crippen LogP contribution is 2.34. The normalized spacial score (nSPS) is 23.7. The Kier molecular flexibility index (Phi) is 4.27. The zero-order valence-corrected chi connectivity index (χ0v) is 13.6. The van der Waals surface area contributed by atoms with Gasteiger partial charge in [-0.3, -0.25) is 4.68 Å². The second kappa shape index (κ2) is 6.18. The lowest BCUT2D eigenvalue weighted by molar-refractivity contribution is 0.169. The number of nitrogens with zero attached hydrogens (tertiary/aromatic N) is 3. The number of aromatic nitrogens is 2. The Balaban J connectivity index is 1.53. The zero-order chi connectivity index (χ0) is 15.6. The number of urea groups is 1. The van der Waals surface area contributed by atoms with Gasteiger partial charge in [0.2, 0.25) is 0 Å². The Morgan fingerprint density at radius 2 is 2.27 bits per heavy atom. The quantitative estimate of drug-likeness (QED) is 0.894. The van der Waals surface area contributed by atoms with E-state index in [1.54, 1.807) is 0 Å². The van der Waals surface area contributed by atoms with E-state index in [4.69, 9.17) is 0 Å². The van der Waals surface area contributed by atoms with Crippen molar-refractivity contribution in [1.82, 2.24) is 20.4 Å². The summed E-state index contributed by atoms with van der Waals surface area (Å²) in [5.74, 6) is 0. The molecule has 1 aromatic heterocycles. The van der Waals surface area contributed by atoms with Crippen molar-refractivity contribution in [3.63, 3.8) is 0 Å². The molecule has 2 N–H and O–H groups in total. The molecule has 1 atom stereocenters. The first kappa shape index (κ1) is 15.2. The Bertz CT molecular complexity index is 517. The van der Waals surface area contributed by atoms with Crippen LogP contribution in [-0.4, -0.2) is 40.5 Å². The number of anilines is 1. The molecule has 0 bridgehead atoms. The van der Waals surface area contributed by atoms with Gasteiger partial charge in [-0.1, -0.05) is 6.92 Å². The Labute approximate surface area is 132 Å². The van der Waals surface area contributed by atoms with Crippen molar-refractivity contribution in [2.75, 3.05) is 18.0 Å². The highest BCUT2D eigenvalue weighted by molar-refractivity contribution is 5.75. The molecule has 2 fully saturated rings. The zero-order valence-electron chi connectivity index (χ0n) is 13.6. The largest absolute Gasteiger partial charge is 0.367 e. The molecule has 1 saturated heterocycles. The van der Waals surface area contributed by atoms with Crippen LogP contribution in [0.3, 0.4) is 0 Å². The van der Waals surface area contributed by atoms with Crippen molar-refractivity contribution in [3.05, 3.63) is 12.4 Å². The van der Waals surface area contributed by atoms with Gasteiger partial charge in [0.05, 0.1) is 11.9 Å². The lowest BCUT2D eigenvalue weighted by Gasteiger charge is -2.42. The van der Waals surface area contributed by atoms with Gasteiger partial charge in [-0.25, -0.2) is 4.79 Å². The minimum absolute atomic E-state index is 0.000383. The Morgan fingerprint density at radius 1 is 1.45 bits per heavy atom. The molecule has 0 spiro atoms. The van der Waals surface area contributed by atoms with Gasteiger partial charge in [0.1, 0.15) is 0 Å². The number of aryl methyl sites for hydroxylation is 1. The molecule has 0 unspecified atom stereocenters. The van der Waals surface area contributed by atoms with Crippen LogP contribution in [0.25, 0.3) is 0 Å². The number of hydrogen-bond acceptors (Lipinski definition) is 3.